The number of aromatic nitrogens is 4. The zero-order valence-corrected chi connectivity index (χ0v) is 14.8. The first-order valence-electron chi connectivity index (χ1n) is 8.64. The van der Waals surface area contributed by atoms with Crippen molar-refractivity contribution in [2.24, 2.45) is 5.10 Å². The molecule has 0 fully saturated rings. The SMILES string of the molecule is C(=NNc1ncnc2sc3c(c12)CCCC3)c1cccc2nccnc12. The molecule has 3 aromatic heterocycles. The fraction of sp³-hybridized carbons (Fsp3) is 0.211. The van der Waals surface area contributed by atoms with Gasteiger partial charge in [-0.3, -0.25) is 15.4 Å². The Hall–Kier alpha value is -2.93. The topological polar surface area (TPSA) is 76.0 Å². The van der Waals surface area contributed by atoms with Crippen LogP contribution in [-0.4, -0.2) is 26.2 Å². The lowest BCUT2D eigenvalue weighted by atomic mass is 9.97. The summed E-state index contributed by atoms with van der Waals surface area (Å²) in [5.74, 6) is 0.775. The molecule has 0 radical (unpaired) electrons. The minimum Gasteiger partial charge on any atom is -0.261 e. The highest BCUT2D eigenvalue weighted by Crippen LogP contribution is 2.38. The maximum absolute atomic E-state index is 4.45. The van der Waals surface area contributed by atoms with Gasteiger partial charge in [0.1, 0.15) is 11.2 Å². The van der Waals surface area contributed by atoms with Crippen LogP contribution in [0.1, 0.15) is 28.8 Å². The van der Waals surface area contributed by atoms with E-state index in [1.165, 1.54) is 23.3 Å². The van der Waals surface area contributed by atoms with Gasteiger partial charge in [0.25, 0.3) is 0 Å². The molecule has 0 bridgehead atoms. The summed E-state index contributed by atoms with van der Waals surface area (Å²) >= 11 is 1.78. The second-order valence-electron chi connectivity index (χ2n) is 6.25. The van der Waals surface area contributed by atoms with Crippen molar-refractivity contribution in [3.05, 3.63) is 52.9 Å². The van der Waals surface area contributed by atoms with Gasteiger partial charge in [-0.1, -0.05) is 12.1 Å². The highest BCUT2D eigenvalue weighted by Gasteiger charge is 2.19. The monoisotopic (exact) mass is 360 g/mol. The highest BCUT2D eigenvalue weighted by molar-refractivity contribution is 7.19. The summed E-state index contributed by atoms with van der Waals surface area (Å²) < 4.78 is 0. The molecule has 0 unspecified atom stereocenters. The minimum atomic E-state index is 0.775. The molecule has 5 rings (SSSR count). The van der Waals surface area contributed by atoms with Crippen LogP contribution in [0.2, 0.25) is 0 Å². The largest absolute Gasteiger partial charge is 0.261 e. The Balaban J connectivity index is 1.50. The number of rotatable bonds is 3. The molecule has 0 spiro atoms. The number of aryl methyl sites for hydroxylation is 2. The van der Waals surface area contributed by atoms with Crippen molar-refractivity contribution >= 4 is 44.6 Å². The molecule has 0 aliphatic heterocycles. The Morgan fingerprint density at radius 2 is 1.96 bits per heavy atom. The third kappa shape index (κ3) is 2.61. The van der Waals surface area contributed by atoms with Crippen LogP contribution in [0.25, 0.3) is 21.3 Å². The van der Waals surface area contributed by atoms with Crippen molar-refractivity contribution in [1.82, 2.24) is 19.9 Å². The fourth-order valence-electron chi connectivity index (χ4n) is 3.46. The molecule has 7 heteroatoms. The zero-order valence-electron chi connectivity index (χ0n) is 14.0. The number of thiophene rings is 1. The third-order valence-electron chi connectivity index (χ3n) is 4.66. The minimum absolute atomic E-state index is 0.775. The molecule has 1 aromatic carbocycles. The average molecular weight is 360 g/mol. The first-order valence-corrected chi connectivity index (χ1v) is 9.46. The van der Waals surface area contributed by atoms with Crippen LogP contribution in [-0.2, 0) is 12.8 Å². The van der Waals surface area contributed by atoms with Crippen molar-refractivity contribution in [1.29, 1.82) is 0 Å². The maximum Gasteiger partial charge on any atom is 0.158 e. The van der Waals surface area contributed by atoms with Gasteiger partial charge in [0, 0.05) is 22.8 Å². The molecule has 26 heavy (non-hydrogen) atoms. The summed E-state index contributed by atoms with van der Waals surface area (Å²) in [6, 6.07) is 5.87. The number of hydrogen-bond donors (Lipinski definition) is 1. The van der Waals surface area contributed by atoms with Gasteiger partial charge in [-0.05, 0) is 37.3 Å². The van der Waals surface area contributed by atoms with Crippen molar-refractivity contribution < 1.29 is 0 Å². The first kappa shape index (κ1) is 15.3. The van der Waals surface area contributed by atoms with Gasteiger partial charge in [0.05, 0.1) is 22.6 Å². The summed E-state index contributed by atoms with van der Waals surface area (Å²) in [5.41, 5.74) is 7.11. The third-order valence-corrected chi connectivity index (χ3v) is 5.86. The van der Waals surface area contributed by atoms with E-state index in [0.29, 0.717) is 0 Å². The summed E-state index contributed by atoms with van der Waals surface area (Å²) in [7, 11) is 0. The molecule has 4 aromatic rings. The number of nitrogens with zero attached hydrogens (tertiary/aromatic N) is 5. The Bertz CT molecular complexity index is 1130. The van der Waals surface area contributed by atoms with E-state index in [1.807, 2.05) is 18.2 Å². The predicted octanol–water partition coefficient (Wildman–Crippen LogP) is 3.96. The van der Waals surface area contributed by atoms with Crippen LogP contribution in [0.4, 0.5) is 5.82 Å². The summed E-state index contributed by atoms with van der Waals surface area (Å²) in [5, 5.41) is 5.54. The second-order valence-corrected chi connectivity index (χ2v) is 7.34. The number of para-hydroxylation sites is 1. The molecule has 0 saturated carbocycles. The van der Waals surface area contributed by atoms with E-state index in [2.05, 4.69) is 30.5 Å². The number of fused-ring (bicyclic) bond motifs is 4. The molecule has 128 valence electrons. The normalized spacial score (nSPS) is 14.2. The highest BCUT2D eigenvalue weighted by atomic mass is 32.1. The van der Waals surface area contributed by atoms with Gasteiger partial charge < -0.3 is 0 Å². The van der Waals surface area contributed by atoms with E-state index in [1.54, 1.807) is 36.3 Å². The molecule has 3 heterocycles. The quantitative estimate of drug-likeness (QED) is 0.442. The number of benzene rings is 1. The number of hydrogen-bond acceptors (Lipinski definition) is 7. The summed E-state index contributed by atoms with van der Waals surface area (Å²) in [6.45, 7) is 0. The maximum atomic E-state index is 4.45. The molecular formula is C19H16N6S. The lowest BCUT2D eigenvalue weighted by Crippen LogP contribution is -2.01. The van der Waals surface area contributed by atoms with Crippen LogP contribution < -0.4 is 5.43 Å². The smallest absolute Gasteiger partial charge is 0.158 e. The zero-order chi connectivity index (χ0) is 17.3. The van der Waals surface area contributed by atoms with Crippen molar-refractivity contribution in [3.63, 3.8) is 0 Å². The molecular weight excluding hydrogens is 344 g/mol. The molecule has 1 aliphatic rings. The van der Waals surface area contributed by atoms with E-state index in [0.717, 1.165) is 45.5 Å². The molecule has 0 amide bonds. The Morgan fingerprint density at radius 3 is 2.96 bits per heavy atom. The Morgan fingerprint density at radius 1 is 1.04 bits per heavy atom. The fourth-order valence-corrected chi connectivity index (χ4v) is 4.69. The van der Waals surface area contributed by atoms with Gasteiger partial charge >= 0.3 is 0 Å². The second kappa shape index (κ2) is 6.42. The molecule has 0 atom stereocenters. The van der Waals surface area contributed by atoms with Crippen LogP contribution in [0.5, 0.6) is 0 Å². The van der Waals surface area contributed by atoms with Crippen LogP contribution in [0, 0.1) is 0 Å². The van der Waals surface area contributed by atoms with Gasteiger partial charge in [-0.2, -0.15) is 5.10 Å². The van der Waals surface area contributed by atoms with E-state index in [4.69, 9.17) is 0 Å². The van der Waals surface area contributed by atoms with Gasteiger partial charge in [-0.15, -0.1) is 11.3 Å². The van der Waals surface area contributed by atoms with E-state index < -0.39 is 0 Å². The lowest BCUT2D eigenvalue weighted by molar-refractivity contribution is 0.700. The first-order chi connectivity index (χ1) is 12.9. The van der Waals surface area contributed by atoms with Crippen LogP contribution in [0.15, 0.2) is 42.0 Å². The van der Waals surface area contributed by atoms with Crippen LogP contribution >= 0.6 is 11.3 Å². The Kier molecular flexibility index (Phi) is 3.79. The van der Waals surface area contributed by atoms with Crippen molar-refractivity contribution in [2.45, 2.75) is 25.7 Å². The summed E-state index contributed by atoms with van der Waals surface area (Å²) in [4.78, 5) is 20.1. The van der Waals surface area contributed by atoms with Gasteiger partial charge in [0.15, 0.2) is 5.82 Å². The van der Waals surface area contributed by atoms with Gasteiger partial charge in [-0.25, -0.2) is 9.97 Å². The summed E-state index contributed by atoms with van der Waals surface area (Å²) in [6.07, 6.45) is 11.5. The number of anilines is 1. The standard InChI is InChI=1S/C19H16N6S/c1-2-7-15-13(5-1)16-18(22-11-23-19(16)26-15)25-24-10-12-4-3-6-14-17(12)21-9-8-20-14/h3-4,6,8-11H,1-2,5,7H2,(H,22,23,25). The number of nitrogens with one attached hydrogen (secondary N) is 1. The Labute approximate surface area is 154 Å². The lowest BCUT2D eigenvalue weighted by Gasteiger charge is -2.11. The van der Waals surface area contributed by atoms with Crippen molar-refractivity contribution in [3.8, 4) is 0 Å². The molecule has 1 aliphatic carbocycles. The molecule has 0 saturated heterocycles. The number of hydrazone groups is 1. The van der Waals surface area contributed by atoms with Gasteiger partial charge in [0.2, 0.25) is 0 Å². The average Bonchev–Trinajstić information content (AvgIpc) is 3.08. The van der Waals surface area contributed by atoms with E-state index in [9.17, 15) is 0 Å². The van der Waals surface area contributed by atoms with E-state index >= 15 is 0 Å². The van der Waals surface area contributed by atoms with Crippen LogP contribution in [0.3, 0.4) is 0 Å². The van der Waals surface area contributed by atoms with E-state index in [-0.39, 0.29) is 0 Å². The molecule has 1 N–H and O–H groups in total. The molecule has 6 nitrogen and oxygen atoms in total. The van der Waals surface area contributed by atoms with Crippen molar-refractivity contribution in [2.75, 3.05) is 5.43 Å². The predicted molar refractivity (Wildman–Crippen MR) is 105 cm³/mol.